The van der Waals surface area contributed by atoms with Gasteiger partial charge in [-0.05, 0) is 54.5 Å². The third-order valence-electron chi connectivity index (χ3n) is 5.70. The van der Waals surface area contributed by atoms with Gasteiger partial charge in [0, 0.05) is 38.4 Å². The number of amides is 2. The zero-order valence-electron chi connectivity index (χ0n) is 15.8. The van der Waals surface area contributed by atoms with Crippen LogP contribution in [0.5, 0.6) is 0 Å². The third kappa shape index (κ3) is 4.47. The van der Waals surface area contributed by atoms with E-state index < -0.39 is 5.82 Å². The molecule has 2 aliphatic heterocycles. The standard InChI is InChI=1S/C22H25ClFN3O/c23-20-12-19(7-8-21(20)24)25-22(28)27-10-3-4-16(14-27)13-26-11-9-17-5-1-2-6-18(17)15-26/h1-2,5-8,12,16H,3-4,9-11,13-15H2,(H,25,28)/t16-/m1/s1. The first-order chi connectivity index (χ1) is 13.6. The van der Waals surface area contributed by atoms with E-state index >= 15 is 0 Å². The Morgan fingerprint density at radius 2 is 2.00 bits per heavy atom. The summed E-state index contributed by atoms with van der Waals surface area (Å²) < 4.78 is 13.3. The van der Waals surface area contributed by atoms with Gasteiger partial charge in [-0.3, -0.25) is 4.90 Å². The molecule has 6 heteroatoms. The number of hydrogen-bond donors (Lipinski definition) is 1. The summed E-state index contributed by atoms with van der Waals surface area (Å²) in [6.45, 7) is 4.58. The lowest BCUT2D eigenvalue weighted by Gasteiger charge is -2.37. The Kier molecular flexibility index (Phi) is 5.83. The number of halogens is 2. The second-order valence-electron chi connectivity index (χ2n) is 7.77. The number of anilines is 1. The van der Waals surface area contributed by atoms with Crippen molar-refractivity contribution in [2.24, 2.45) is 5.92 Å². The molecule has 2 aromatic rings. The second kappa shape index (κ2) is 8.50. The molecule has 1 saturated heterocycles. The first kappa shape index (κ1) is 19.2. The minimum Gasteiger partial charge on any atom is -0.324 e. The Morgan fingerprint density at radius 3 is 2.82 bits per heavy atom. The summed E-state index contributed by atoms with van der Waals surface area (Å²) in [4.78, 5) is 17.0. The summed E-state index contributed by atoms with van der Waals surface area (Å²) in [7, 11) is 0. The molecule has 0 aliphatic carbocycles. The summed E-state index contributed by atoms with van der Waals surface area (Å²) in [5, 5.41) is 2.85. The Bertz CT molecular complexity index is 859. The number of urea groups is 1. The fraction of sp³-hybridized carbons (Fsp3) is 0.409. The average Bonchev–Trinajstić information content (AvgIpc) is 2.71. The zero-order chi connectivity index (χ0) is 19.5. The van der Waals surface area contributed by atoms with Crippen molar-refractivity contribution in [2.75, 3.05) is 31.5 Å². The van der Waals surface area contributed by atoms with Crippen LogP contribution in [-0.2, 0) is 13.0 Å². The van der Waals surface area contributed by atoms with E-state index in [9.17, 15) is 9.18 Å². The Labute approximate surface area is 170 Å². The number of likely N-dealkylation sites (tertiary alicyclic amines) is 1. The molecule has 0 aromatic heterocycles. The van der Waals surface area contributed by atoms with Crippen LogP contribution < -0.4 is 5.32 Å². The lowest BCUT2D eigenvalue weighted by Crippen LogP contribution is -2.46. The van der Waals surface area contributed by atoms with Crippen molar-refractivity contribution in [1.82, 2.24) is 9.80 Å². The number of benzene rings is 2. The molecule has 2 aliphatic rings. The van der Waals surface area contributed by atoms with Crippen molar-refractivity contribution in [1.29, 1.82) is 0 Å². The number of carbonyl (C=O) groups is 1. The highest BCUT2D eigenvalue weighted by Gasteiger charge is 2.26. The van der Waals surface area contributed by atoms with Crippen LogP contribution >= 0.6 is 11.6 Å². The smallest absolute Gasteiger partial charge is 0.321 e. The van der Waals surface area contributed by atoms with Gasteiger partial charge in [-0.2, -0.15) is 0 Å². The molecular formula is C22H25ClFN3O. The predicted molar refractivity (Wildman–Crippen MR) is 110 cm³/mol. The van der Waals surface area contributed by atoms with Crippen molar-refractivity contribution in [3.8, 4) is 0 Å². The highest BCUT2D eigenvalue weighted by atomic mass is 35.5. The number of hydrogen-bond acceptors (Lipinski definition) is 2. The van der Waals surface area contributed by atoms with Gasteiger partial charge in [-0.1, -0.05) is 35.9 Å². The van der Waals surface area contributed by atoms with Crippen molar-refractivity contribution < 1.29 is 9.18 Å². The van der Waals surface area contributed by atoms with E-state index in [2.05, 4.69) is 34.5 Å². The fourth-order valence-corrected chi connectivity index (χ4v) is 4.43. The number of piperidine rings is 1. The van der Waals surface area contributed by atoms with E-state index in [0.29, 0.717) is 11.6 Å². The van der Waals surface area contributed by atoms with Crippen molar-refractivity contribution >= 4 is 23.3 Å². The first-order valence-electron chi connectivity index (χ1n) is 9.88. The highest BCUT2D eigenvalue weighted by Crippen LogP contribution is 2.24. The number of fused-ring (bicyclic) bond motifs is 1. The Morgan fingerprint density at radius 1 is 1.18 bits per heavy atom. The predicted octanol–water partition coefficient (Wildman–Crippen LogP) is 4.78. The summed E-state index contributed by atoms with van der Waals surface area (Å²) >= 11 is 5.81. The molecule has 4 rings (SSSR count). The number of rotatable bonds is 3. The van der Waals surface area contributed by atoms with Crippen molar-refractivity contribution in [2.45, 2.75) is 25.8 Å². The van der Waals surface area contributed by atoms with E-state index in [4.69, 9.17) is 11.6 Å². The Balaban J connectivity index is 1.33. The zero-order valence-corrected chi connectivity index (χ0v) is 16.6. The van der Waals surface area contributed by atoms with Crippen molar-refractivity contribution in [3.63, 3.8) is 0 Å². The van der Waals surface area contributed by atoms with Gasteiger partial charge >= 0.3 is 6.03 Å². The highest BCUT2D eigenvalue weighted by molar-refractivity contribution is 6.31. The molecule has 2 aromatic carbocycles. The molecule has 0 radical (unpaired) electrons. The van der Waals surface area contributed by atoms with E-state index in [1.165, 1.54) is 29.3 Å². The van der Waals surface area contributed by atoms with Crippen LogP contribution in [0.1, 0.15) is 24.0 Å². The maximum absolute atomic E-state index is 13.3. The fourth-order valence-electron chi connectivity index (χ4n) is 4.25. The molecular weight excluding hydrogens is 377 g/mol. The average molecular weight is 402 g/mol. The van der Waals surface area contributed by atoms with E-state index in [-0.39, 0.29) is 11.1 Å². The third-order valence-corrected chi connectivity index (χ3v) is 5.99. The van der Waals surface area contributed by atoms with Gasteiger partial charge < -0.3 is 10.2 Å². The van der Waals surface area contributed by atoms with Crippen LogP contribution in [0.15, 0.2) is 42.5 Å². The quantitative estimate of drug-likeness (QED) is 0.803. The summed E-state index contributed by atoms with van der Waals surface area (Å²) in [5.74, 6) is -0.0117. The molecule has 2 heterocycles. The van der Waals surface area contributed by atoms with Crippen LogP contribution in [-0.4, -0.2) is 42.0 Å². The topological polar surface area (TPSA) is 35.6 Å². The number of nitrogens with zero attached hydrogens (tertiary/aromatic N) is 2. The molecule has 4 nitrogen and oxygen atoms in total. The van der Waals surface area contributed by atoms with E-state index in [1.807, 2.05) is 4.90 Å². The molecule has 1 N–H and O–H groups in total. The molecule has 0 spiro atoms. The van der Waals surface area contributed by atoms with Crippen LogP contribution in [0.3, 0.4) is 0 Å². The van der Waals surface area contributed by atoms with Gasteiger partial charge in [0.05, 0.1) is 5.02 Å². The Hall–Kier alpha value is -2.11. The second-order valence-corrected chi connectivity index (χ2v) is 8.17. The van der Waals surface area contributed by atoms with Crippen LogP contribution in [0.25, 0.3) is 0 Å². The summed E-state index contributed by atoms with van der Waals surface area (Å²) in [6.07, 6.45) is 3.25. The minimum atomic E-state index is -0.485. The van der Waals surface area contributed by atoms with E-state index in [1.54, 1.807) is 0 Å². The molecule has 0 unspecified atom stereocenters. The minimum absolute atomic E-state index is 0.0136. The lowest BCUT2D eigenvalue weighted by atomic mass is 9.95. The van der Waals surface area contributed by atoms with Gasteiger partial charge in [0.1, 0.15) is 5.82 Å². The number of carbonyl (C=O) groups excluding carboxylic acids is 1. The maximum Gasteiger partial charge on any atom is 0.321 e. The van der Waals surface area contributed by atoms with Gasteiger partial charge in [-0.25, -0.2) is 9.18 Å². The molecule has 2 amide bonds. The molecule has 1 atom stereocenters. The molecule has 1 fully saturated rings. The van der Waals surface area contributed by atoms with Crippen LogP contribution in [0, 0.1) is 11.7 Å². The van der Waals surface area contributed by atoms with Gasteiger partial charge in [-0.15, -0.1) is 0 Å². The van der Waals surface area contributed by atoms with Gasteiger partial charge in [0.2, 0.25) is 0 Å². The lowest BCUT2D eigenvalue weighted by molar-refractivity contribution is 0.140. The largest absolute Gasteiger partial charge is 0.324 e. The summed E-state index contributed by atoms with van der Waals surface area (Å²) in [6, 6.07) is 12.8. The van der Waals surface area contributed by atoms with Crippen LogP contribution in [0.2, 0.25) is 5.02 Å². The summed E-state index contributed by atoms with van der Waals surface area (Å²) in [5.41, 5.74) is 3.40. The maximum atomic E-state index is 13.3. The van der Waals surface area contributed by atoms with Gasteiger partial charge in [0.15, 0.2) is 0 Å². The van der Waals surface area contributed by atoms with Gasteiger partial charge in [0.25, 0.3) is 0 Å². The normalized spacial score (nSPS) is 19.9. The number of nitrogens with one attached hydrogen (secondary N) is 1. The first-order valence-corrected chi connectivity index (χ1v) is 10.3. The SMILES string of the molecule is O=C(Nc1ccc(F)c(Cl)c1)N1CCC[C@H](CN2CCc3ccccc3C2)C1. The van der Waals surface area contributed by atoms with E-state index in [0.717, 1.165) is 52.0 Å². The molecule has 28 heavy (non-hydrogen) atoms. The molecule has 148 valence electrons. The van der Waals surface area contributed by atoms with Crippen LogP contribution in [0.4, 0.5) is 14.9 Å². The molecule has 0 bridgehead atoms. The monoisotopic (exact) mass is 401 g/mol. The molecule has 0 saturated carbocycles. The van der Waals surface area contributed by atoms with Crippen molar-refractivity contribution in [3.05, 3.63) is 64.4 Å².